The average molecular weight is 342 g/mol. The molecule has 3 rings (SSSR count). The highest BCUT2D eigenvalue weighted by atomic mass is 19.4. The third-order valence-electron chi connectivity index (χ3n) is 4.59. The number of hydrogen-bond acceptors (Lipinski definition) is 4. The molecule has 1 aromatic heterocycles. The van der Waals surface area contributed by atoms with Crippen molar-refractivity contribution in [1.82, 2.24) is 9.88 Å². The fraction of sp³-hybridized carbons (Fsp3) is 0.625. The lowest BCUT2D eigenvalue weighted by Crippen LogP contribution is -2.58. The van der Waals surface area contributed by atoms with E-state index in [2.05, 4.69) is 36.0 Å². The van der Waals surface area contributed by atoms with Gasteiger partial charge in [-0.15, -0.1) is 0 Å². The smallest absolute Gasteiger partial charge is 0.349 e. The van der Waals surface area contributed by atoms with Gasteiger partial charge >= 0.3 is 6.18 Å². The maximum Gasteiger partial charge on any atom is 0.417 e. The molecule has 5 nitrogen and oxygen atoms in total. The van der Waals surface area contributed by atoms with Gasteiger partial charge in [-0.25, -0.2) is 4.98 Å². The number of anilines is 2. The molecule has 1 atom stereocenters. The SMILES string of the molecule is CC(C)(C)N1CCN2c3ncc(C(F)(F)F)cc3NC(=O)C[C@@H]2C1. The molecule has 2 aliphatic rings. The Morgan fingerprint density at radius 1 is 1.25 bits per heavy atom. The zero-order valence-electron chi connectivity index (χ0n) is 13.9. The summed E-state index contributed by atoms with van der Waals surface area (Å²) in [5.41, 5.74) is -0.736. The first-order valence-electron chi connectivity index (χ1n) is 7.94. The first-order chi connectivity index (χ1) is 11.1. The molecule has 3 heterocycles. The molecule has 1 N–H and O–H groups in total. The van der Waals surface area contributed by atoms with Crippen LogP contribution in [0.5, 0.6) is 0 Å². The van der Waals surface area contributed by atoms with Crippen LogP contribution in [0.25, 0.3) is 0 Å². The summed E-state index contributed by atoms with van der Waals surface area (Å²) in [4.78, 5) is 20.4. The summed E-state index contributed by atoms with van der Waals surface area (Å²) in [6, 6.07) is 0.877. The number of amides is 1. The highest BCUT2D eigenvalue weighted by Crippen LogP contribution is 2.37. The molecule has 0 saturated carbocycles. The van der Waals surface area contributed by atoms with Crippen LogP contribution in [-0.2, 0) is 11.0 Å². The van der Waals surface area contributed by atoms with Gasteiger partial charge < -0.3 is 10.2 Å². The number of pyridine rings is 1. The quantitative estimate of drug-likeness (QED) is 0.788. The van der Waals surface area contributed by atoms with Gasteiger partial charge in [0.1, 0.15) is 0 Å². The molecule has 1 saturated heterocycles. The number of fused-ring (bicyclic) bond motifs is 3. The lowest BCUT2D eigenvalue weighted by Gasteiger charge is -2.46. The second-order valence-electron chi connectivity index (χ2n) is 7.31. The number of piperazine rings is 1. The normalized spacial score (nSPS) is 22.5. The number of nitrogens with one attached hydrogen (secondary N) is 1. The minimum Gasteiger partial charge on any atom is -0.349 e. The Labute approximate surface area is 138 Å². The van der Waals surface area contributed by atoms with E-state index in [9.17, 15) is 18.0 Å². The molecule has 1 aromatic rings. The Balaban J connectivity index is 1.95. The second kappa shape index (κ2) is 5.61. The van der Waals surface area contributed by atoms with E-state index in [0.717, 1.165) is 18.8 Å². The summed E-state index contributed by atoms with van der Waals surface area (Å²) < 4.78 is 38.7. The lowest BCUT2D eigenvalue weighted by molar-refractivity contribution is -0.137. The number of alkyl halides is 3. The summed E-state index contributed by atoms with van der Waals surface area (Å²) in [6.07, 6.45) is -3.41. The number of rotatable bonds is 0. The molecule has 8 heteroatoms. The molecular formula is C16H21F3N4O. The maximum absolute atomic E-state index is 12.9. The van der Waals surface area contributed by atoms with Gasteiger partial charge in [0.25, 0.3) is 0 Å². The van der Waals surface area contributed by atoms with Crippen LogP contribution < -0.4 is 10.2 Å². The Bertz CT molecular complexity index is 654. The van der Waals surface area contributed by atoms with Gasteiger partial charge in [0, 0.05) is 37.8 Å². The van der Waals surface area contributed by atoms with E-state index in [1.807, 2.05) is 4.90 Å². The molecule has 0 bridgehead atoms. The van der Waals surface area contributed by atoms with E-state index in [0.29, 0.717) is 18.9 Å². The number of halogens is 3. The molecule has 1 amide bonds. The number of aromatic nitrogens is 1. The minimum absolute atomic E-state index is 0.0225. The van der Waals surface area contributed by atoms with Gasteiger partial charge in [-0.1, -0.05) is 0 Å². The number of carbonyl (C=O) groups is 1. The predicted octanol–water partition coefficient (Wildman–Crippen LogP) is 2.73. The van der Waals surface area contributed by atoms with E-state index in [1.165, 1.54) is 0 Å². The number of nitrogens with zero attached hydrogens (tertiary/aromatic N) is 3. The third-order valence-corrected chi connectivity index (χ3v) is 4.59. The molecule has 132 valence electrons. The van der Waals surface area contributed by atoms with E-state index >= 15 is 0 Å². The molecular weight excluding hydrogens is 321 g/mol. The largest absolute Gasteiger partial charge is 0.417 e. The molecule has 0 aromatic carbocycles. The standard InChI is InChI=1S/C16H21F3N4O/c1-15(2,3)22-4-5-23-11(9-22)7-13(24)21-12-6-10(16(17,18)19)8-20-14(12)23/h6,8,11H,4-5,7,9H2,1-3H3,(H,21,24)/t11-/m1/s1. The van der Waals surface area contributed by atoms with Crippen molar-refractivity contribution in [1.29, 1.82) is 0 Å². The molecule has 24 heavy (non-hydrogen) atoms. The third kappa shape index (κ3) is 3.19. The van der Waals surface area contributed by atoms with Crippen LogP contribution in [0.3, 0.4) is 0 Å². The van der Waals surface area contributed by atoms with Crippen molar-refractivity contribution in [3.8, 4) is 0 Å². The van der Waals surface area contributed by atoms with Gasteiger partial charge in [0.05, 0.1) is 17.3 Å². The van der Waals surface area contributed by atoms with Gasteiger partial charge in [-0.2, -0.15) is 13.2 Å². The minimum atomic E-state index is -4.48. The molecule has 2 aliphatic heterocycles. The Morgan fingerprint density at radius 2 is 1.96 bits per heavy atom. The van der Waals surface area contributed by atoms with Gasteiger partial charge in [0.2, 0.25) is 5.91 Å². The van der Waals surface area contributed by atoms with E-state index in [-0.39, 0.29) is 29.6 Å². The van der Waals surface area contributed by atoms with Crippen LogP contribution in [0.4, 0.5) is 24.7 Å². The van der Waals surface area contributed by atoms with Crippen LogP contribution in [0.1, 0.15) is 32.8 Å². The average Bonchev–Trinajstić information content (AvgIpc) is 2.59. The van der Waals surface area contributed by atoms with Gasteiger partial charge in [-0.05, 0) is 26.8 Å². The van der Waals surface area contributed by atoms with Crippen molar-refractivity contribution in [3.63, 3.8) is 0 Å². The van der Waals surface area contributed by atoms with Crippen LogP contribution in [0.15, 0.2) is 12.3 Å². The second-order valence-corrected chi connectivity index (χ2v) is 7.31. The molecule has 0 spiro atoms. The zero-order valence-corrected chi connectivity index (χ0v) is 13.9. The first-order valence-corrected chi connectivity index (χ1v) is 7.94. The summed E-state index contributed by atoms with van der Waals surface area (Å²) >= 11 is 0. The van der Waals surface area contributed by atoms with E-state index < -0.39 is 11.7 Å². The van der Waals surface area contributed by atoms with Crippen molar-refractivity contribution in [2.75, 3.05) is 29.9 Å². The van der Waals surface area contributed by atoms with Gasteiger partial charge in [0.15, 0.2) is 5.82 Å². The van der Waals surface area contributed by atoms with E-state index in [1.54, 1.807) is 0 Å². The van der Waals surface area contributed by atoms with Crippen molar-refractivity contribution >= 4 is 17.4 Å². The summed E-state index contributed by atoms with van der Waals surface area (Å²) in [6.45, 7) is 8.42. The summed E-state index contributed by atoms with van der Waals surface area (Å²) in [7, 11) is 0. The lowest BCUT2D eigenvalue weighted by atomic mass is 10.0. The van der Waals surface area contributed by atoms with Crippen molar-refractivity contribution < 1.29 is 18.0 Å². The number of hydrogen-bond donors (Lipinski definition) is 1. The zero-order chi connectivity index (χ0) is 17.7. The Kier molecular flexibility index (Phi) is 3.98. The maximum atomic E-state index is 12.9. The van der Waals surface area contributed by atoms with Crippen LogP contribution in [0, 0.1) is 0 Å². The highest BCUT2D eigenvalue weighted by Gasteiger charge is 2.38. The summed E-state index contributed by atoms with van der Waals surface area (Å²) in [5.74, 6) is 0.146. The van der Waals surface area contributed by atoms with Crippen molar-refractivity contribution in [2.45, 2.75) is 44.9 Å². The molecule has 0 radical (unpaired) electrons. The van der Waals surface area contributed by atoms with Crippen molar-refractivity contribution in [2.24, 2.45) is 0 Å². The van der Waals surface area contributed by atoms with Crippen LogP contribution >= 0.6 is 0 Å². The topological polar surface area (TPSA) is 48.5 Å². The Hall–Kier alpha value is -1.83. The van der Waals surface area contributed by atoms with Gasteiger partial charge in [-0.3, -0.25) is 9.69 Å². The summed E-state index contributed by atoms with van der Waals surface area (Å²) in [5, 5.41) is 2.58. The Morgan fingerprint density at radius 3 is 2.58 bits per heavy atom. The molecule has 0 unspecified atom stereocenters. The van der Waals surface area contributed by atoms with E-state index in [4.69, 9.17) is 0 Å². The number of carbonyl (C=O) groups excluding carboxylic acids is 1. The highest BCUT2D eigenvalue weighted by molar-refractivity contribution is 5.96. The van der Waals surface area contributed by atoms with Crippen LogP contribution in [0.2, 0.25) is 0 Å². The molecule has 0 aliphatic carbocycles. The van der Waals surface area contributed by atoms with Crippen LogP contribution in [-0.4, -0.2) is 47.0 Å². The molecule has 1 fully saturated rings. The first kappa shape index (κ1) is 17.0. The fourth-order valence-electron chi connectivity index (χ4n) is 3.27. The monoisotopic (exact) mass is 342 g/mol. The predicted molar refractivity (Wildman–Crippen MR) is 84.9 cm³/mol. The fourth-order valence-corrected chi connectivity index (χ4v) is 3.27. The van der Waals surface area contributed by atoms with Crippen molar-refractivity contribution in [3.05, 3.63) is 17.8 Å².